The van der Waals surface area contributed by atoms with Crippen LogP contribution < -0.4 is 10.1 Å². The average molecular weight is 303 g/mol. The van der Waals surface area contributed by atoms with E-state index < -0.39 is 0 Å². The number of aromatic nitrogens is 2. The maximum absolute atomic E-state index is 9.10. The molecule has 0 unspecified atom stereocenters. The second-order valence-electron chi connectivity index (χ2n) is 4.80. The quantitative estimate of drug-likeness (QED) is 0.869. The number of rotatable bonds is 4. The number of ether oxygens (including phenoxy) is 1. The van der Waals surface area contributed by atoms with E-state index in [1.807, 2.05) is 45.0 Å². The van der Waals surface area contributed by atoms with Crippen LogP contribution in [0.15, 0.2) is 24.4 Å². The van der Waals surface area contributed by atoms with Crippen molar-refractivity contribution >= 4 is 23.1 Å². The first kappa shape index (κ1) is 15.1. The van der Waals surface area contributed by atoms with Crippen molar-refractivity contribution in [1.29, 1.82) is 5.26 Å². The number of anilines is 2. The zero-order valence-electron chi connectivity index (χ0n) is 12.0. The number of benzene rings is 1. The van der Waals surface area contributed by atoms with Crippen LogP contribution in [0.25, 0.3) is 0 Å². The summed E-state index contributed by atoms with van der Waals surface area (Å²) in [6, 6.07) is 7.78. The molecule has 21 heavy (non-hydrogen) atoms. The maximum atomic E-state index is 9.10. The summed E-state index contributed by atoms with van der Waals surface area (Å²) in [7, 11) is 0. The van der Waals surface area contributed by atoms with Gasteiger partial charge in [-0.1, -0.05) is 6.07 Å². The van der Waals surface area contributed by atoms with Gasteiger partial charge in [-0.2, -0.15) is 10.2 Å². The fourth-order valence-corrected chi connectivity index (χ4v) is 1.88. The molecule has 0 fully saturated rings. The Balaban J connectivity index is 2.40. The largest absolute Gasteiger partial charge is 0.489 e. The minimum atomic E-state index is 0.0387. The van der Waals surface area contributed by atoms with E-state index in [0.29, 0.717) is 17.1 Å². The Kier molecular flexibility index (Phi) is 4.61. The summed E-state index contributed by atoms with van der Waals surface area (Å²) >= 11 is 5.79. The van der Waals surface area contributed by atoms with E-state index in [0.717, 1.165) is 11.3 Å². The Hall–Kier alpha value is -2.32. The predicted octanol–water partition coefficient (Wildman–Crippen LogP) is 3.84. The first-order valence-corrected chi connectivity index (χ1v) is 6.84. The van der Waals surface area contributed by atoms with Crippen LogP contribution in [0.5, 0.6) is 5.75 Å². The lowest BCUT2D eigenvalue weighted by molar-refractivity contribution is 0.243. The van der Waals surface area contributed by atoms with Crippen LogP contribution in [0.4, 0.5) is 11.5 Å². The smallest absolute Gasteiger partial charge is 0.224 e. The average Bonchev–Trinajstić information content (AvgIpc) is 2.41. The van der Waals surface area contributed by atoms with E-state index in [1.165, 1.54) is 6.20 Å². The van der Waals surface area contributed by atoms with Gasteiger partial charge in [0.15, 0.2) is 5.82 Å². The van der Waals surface area contributed by atoms with Gasteiger partial charge in [-0.15, -0.1) is 0 Å². The lowest BCUT2D eigenvalue weighted by atomic mass is 10.2. The summed E-state index contributed by atoms with van der Waals surface area (Å²) in [5, 5.41) is 12.3. The normalized spacial score (nSPS) is 10.3. The van der Waals surface area contributed by atoms with Crippen LogP contribution in [0.3, 0.4) is 0 Å². The van der Waals surface area contributed by atoms with E-state index in [-0.39, 0.29) is 11.4 Å². The number of aryl methyl sites for hydroxylation is 1. The standard InChI is InChI=1S/C15H15ClN4O/c1-9(2)21-13-6-10(3)4-5-12(13)19-14-11(7-17)8-18-15(16)20-14/h4-6,8-9H,1-3H3,(H,18,19,20). The molecule has 6 heteroatoms. The first-order valence-electron chi connectivity index (χ1n) is 6.46. The molecule has 2 rings (SSSR count). The molecule has 0 aliphatic heterocycles. The van der Waals surface area contributed by atoms with Gasteiger partial charge in [0.25, 0.3) is 0 Å². The maximum Gasteiger partial charge on any atom is 0.224 e. The Bertz CT molecular complexity index is 695. The van der Waals surface area contributed by atoms with Crippen LogP contribution in [0, 0.1) is 18.3 Å². The second kappa shape index (κ2) is 6.42. The third-order valence-electron chi connectivity index (χ3n) is 2.63. The number of nitrogens with one attached hydrogen (secondary N) is 1. The third-order valence-corrected chi connectivity index (χ3v) is 2.81. The van der Waals surface area contributed by atoms with Crippen molar-refractivity contribution in [3.05, 3.63) is 40.8 Å². The number of hydrogen-bond acceptors (Lipinski definition) is 5. The molecule has 2 aromatic rings. The number of nitriles is 1. The molecule has 1 heterocycles. The Morgan fingerprint density at radius 3 is 2.81 bits per heavy atom. The molecule has 0 spiro atoms. The van der Waals surface area contributed by atoms with Crippen molar-refractivity contribution in [1.82, 2.24) is 9.97 Å². The first-order chi connectivity index (χ1) is 9.99. The van der Waals surface area contributed by atoms with Gasteiger partial charge in [0.05, 0.1) is 18.0 Å². The molecule has 0 saturated heterocycles. The van der Waals surface area contributed by atoms with E-state index in [9.17, 15) is 0 Å². The van der Waals surface area contributed by atoms with Crippen LogP contribution in [-0.2, 0) is 0 Å². The summed E-state index contributed by atoms with van der Waals surface area (Å²) in [4.78, 5) is 7.84. The molecule has 1 aromatic carbocycles. The topological polar surface area (TPSA) is 70.8 Å². The molecule has 5 nitrogen and oxygen atoms in total. The van der Waals surface area contributed by atoms with Crippen LogP contribution >= 0.6 is 11.6 Å². The molecular weight excluding hydrogens is 288 g/mol. The van der Waals surface area contributed by atoms with Crippen molar-refractivity contribution in [2.75, 3.05) is 5.32 Å². The van der Waals surface area contributed by atoms with E-state index in [4.69, 9.17) is 21.6 Å². The van der Waals surface area contributed by atoms with Crippen LogP contribution in [-0.4, -0.2) is 16.1 Å². The lowest BCUT2D eigenvalue weighted by Crippen LogP contribution is -2.08. The highest BCUT2D eigenvalue weighted by Crippen LogP contribution is 2.30. The van der Waals surface area contributed by atoms with Gasteiger partial charge >= 0.3 is 0 Å². The number of halogens is 1. The molecule has 0 saturated carbocycles. The van der Waals surface area contributed by atoms with Crippen LogP contribution in [0.1, 0.15) is 25.0 Å². The zero-order chi connectivity index (χ0) is 15.4. The van der Waals surface area contributed by atoms with Gasteiger partial charge < -0.3 is 10.1 Å². The van der Waals surface area contributed by atoms with Gasteiger partial charge in [-0.25, -0.2) is 4.98 Å². The summed E-state index contributed by atoms with van der Waals surface area (Å²) < 4.78 is 5.78. The highest BCUT2D eigenvalue weighted by molar-refractivity contribution is 6.28. The van der Waals surface area contributed by atoms with Gasteiger partial charge in [0.2, 0.25) is 5.28 Å². The van der Waals surface area contributed by atoms with Gasteiger partial charge in [0, 0.05) is 0 Å². The van der Waals surface area contributed by atoms with Crippen molar-refractivity contribution in [2.45, 2.75) is 26.9 Å². The minimum Gasteiger partial charge on any atom is -0.489 e. The highest BCUT2D eigenvalue weighted by atomic mass is 35.5. The minimum absolute atomic E-state index is 0.0387. The van der Waals surface area contributed by atoms with Crippen molar-refractivity contribution in [3.8, 4) is 11.8 Å². The number of nitrogens with zero attached hydrogens (tertiary/aromatic N) is 3. The zero-order valence-corrected chi connectivity index (χ0v) is 12.8. The summed E-state index contributed by atoms with van der Waals surface area (Å²) in [6.07, 6.45) is 1.42. The highest BCUT2D eigenvalue weighted by Gasteiger charge is 2.11. The van der Waals surface area contributed by atoms with Gasteiger partial charge in [0.1, 0.15) is 17.4 Å². The molecule has 1 aromatic heterocycles. The van der Waals surface area contributed by atoms with E-state index >= 15 is 0 Å². The molecule has 0 bridgehead atoms. The van der Waals surface area contributed by atoms with Crippen LogP contribution in [0.2, 0.25) is 5.28 Å². The molecular formula is C15H15ClN4O. The molecule has 0 aliphatic carbocycles. The summed E-state index contributed by atoms with van der Waals surface area (Å²) in [6.45, 7) is 5.89. The monoisotopic (exact) mass is 302 g/mol. The molecule has 0 atom stereocenters. The van der Waals surface area contributed by atoms with Crippen molar-refractivity contribution in [3.63, 3.8) is 0 Å². The Labute approximate surface area is 128 Å². The summed E-state index contributed by atoms with van der Waals surface area (Å²) in [5.74, 6) is 1.05. The SMILES string of the molecule is Cc1ccc(Nc2nc(Cl)ncc2C#N)c(OC(C)C)c1. The van der Waals surface area contributed by atoms with Gasteiger partial charge in [-0.05, 0) is 50.1 Å². The molecule has 108 valence electrons. The Morgan fingerprint density at radius 2 is 2.14 bits per heavy atom. The van der Waals surface area contributed by atoms with E-state index in [1.54, 1.807) is 0 Å². The summed E-state index contributed by atoms with van der Waals surface area (Å²) in [5.41, 5.74) is 2.12. The Morgan fingerprint density at radius 1 is 1.38 bits per heavy atom. The number of hydrogen-bond donors (Lipinski definition) is 1. The molecule has 1 N–H and O–H groups in total. The predicted molar refractivity (Wildman–Crippen MR) is 82.0 cm³/mol. The molecule has 0 radical (unpaired) electrons. The molecule has 0 amide bonds. The lowest BCUT2D eigenvalue weighted by Gasteiger charge is -2.16. The van der Waals surface area contributed by atoms with Crippen molar-refractivity contribution < 1.29 is 4.74 Å². The fourth-order valence-electron chi connectivity index (χ4n) is 1.75. The molecule has 0 aliphatic rings. The fraction of sp³-hybridized carbons (Fsp3) is 0.267. The van der Waals surface area contributed by atoms with E-state index in [2.05, 4.69) is 15.3 Å². The van der Waals surface area contributed by atoms with Crippen molar-refractivity contribution in [2.24, 2.45) is 0 Å². The van der Waals surface area contributed by atoms with Gasteiger partial charge in [-0.3, -0.25) is 0 Å². The third kappa shape index (κ3) is 3.83. The second-order valence-corrected chi connectivity index (χ2v) is 5.14.